The highest BCUT2D eigenvalue weighted by atomic mass is 32.2. The van der Waals surface area contributed by atoms with Crippen molar-refractivity contribution in [1.82, 2.24) is 20.6 Å². The second kappa shape index (κ2) is 17.1. The first-order chi connectivity index (χ1) is 26.5. The number of hydrogen-bond donors (Lipinski definition) is 4. The molecule has 2 bridgehead atoms. The number of aliphatic hydroxyl groups excluding tert-OH is 2. The largest absolute Gasteiger partial charge is 0.496 e. The molecule has 5 aliphatic rings. The molecule has 0 spiro atoms. The highest BCUT2D eigenvalue weighted by Gasteiger charge is 2.57. The molecule has 56 heavy (non-hydrogen) atoms. The molecule has 2 heterocycles. The summed E-state index contributed by atoms with van der Waals surface area (Å²) in [6, 6.07) is 9.79. The number of rotatable bonds is 14. The van der Waals surface area contributed by atoms with Gasteiger partial charge in [-0.05, 0) is 84.9 Å². The van der Waals surface area contributed by atoms with Crippen LogP contribution in [0.4, 0.5) is 5.69 Å². The Balaban J connectivity index is 1.28. The molecule has 13 heteroatoms. The summed E-state index contributed by atoms with van der Waals surface area (Å²) < 4.78 is 6.08. The van der Waals surface area contributed by atoms with E-state index in [0.29, 0.717) is 35.5 Å². The number of likely N-dealkylation sites (N-methyl/N-ethyl adjacent to an activating group) is 1. The van der Waals surface area contributed by atoms with Crippen molar-refractivity contribution in [3.63, 3.8) is 0 Å². The SMILES string of the molecule is COc1c(CN2O[C@@H](CO)[C@@H](C(C)O)[C@H]2C(=O)N[C@H]2CC3C[C@@H]([C@@H]2C)C3(C)C)cccc1-c1cc(C(=O)N[C@@H](CC2CC=CS2)C(=O)N(C)C)cc(N(C)C)c1. The molecular formula is C43H61N5O7S. The summed E-state index contributed by atoms with van der Waals surface area (Å²) in [5, 5.41) is 31.5. The van der Waals surface area contributed by atoms with Crippen molar-refractivity contribution in [3.8, 4) is 16.9 Å². The molecule has 0 radical (unpaired) electrons. The monoisotopic (exact) mass is 791 g/mol. The topological polar surface area (TPSA) is 144 Å². The van der Waals surface area contributed by atoms with Crippen LogP contribution >= 0.6 is 11.8 Å². The highest BCUT2D eigenvalue weighted by Crippen LogP contribution is 2.61. The number of para-hydroxylation sites is 1. The molecule has 3 aliphatic carbocycles. The van der Waals surface area contributed by atoms with Gasteiger partial charge in [0, 0.05) is 67.8 Å². The normalized spacial score (nSPS) is 28.9. The summed E-state index contributed by atoms with van der Waals surface area (Å²) in [4.78, 5) is 51.2. The molecule has 3 amide bonds. The van der Waals surface area contributed by atoms with Crippen molar-refractivity contribution in [3.05, 3.63) is 59.0 Å². The highest BCUT2D eigenvalue weighted by molar-refractivity contribution is 8.03. The molecular weight excluding hydrogens is 731 g/mol. The Kier molecular flexibility index (Phi) is 12.8. The number of thioether (sulfide) groups is 1. The third-order valence-electron chi connectivity index (χ3n) is 13.0. The number of carbonyl (C=O) groups is 3. The van der Waals surface area contributed by atoms with Crippen molar-refractivity contribution >= 4 is 35.2 Å². The third-order valence-corrected chi connectivity index (χ3v) is 14.1. The molecule has 12 nitrogen and oxygen atoms in total. The molecule has 2 aliphatic heterocycles. The van der Waals surface area contributed by atoms with Gasteiger partial charge in [-0.1, -0.05) is 45.0 Å². The van der Waals surface area contributed by atoms with Crippen molar-refractivity contribution in [2.75, 3.05) is 46.8 Å². The maximum atomic E-state index is 14.3. The van der Waals surface area contributed by atoms with Crippen molar-refractivity contribution in [1.29, 1.82) is 0 Å². The van der Waals surface area contributed by atoms with E-state index in [-0.39, 0.29) is 47.6 Å². The van der Waals surface area contributed by atoms with Gasteiger partial charge >= 0.3 is 0 Å². The minimum Gasteiger partial charge on any atom is -0.496 e. The maximum Gasteiger partial charge on any atom is 0.252 e. The van der Waals surface area contributed by atoms with Gasteiger partial charge in [0.15, 0.2) is 0 Å². The van der Waals surface area contributed by atoms with Crippen LogP contribution in [0.5, 0.6) is 5.75 Å². The van der Waals surface area contributed by atoms with Gasteiger partial charge < -0.3 is 35.4 Å². The number of hydroxylamine groups is 2. The van der Waals surface area contributed by atoms with E-state index >= 15 is 0 Å². The van der Waals surface area contributed by atoms with Gasteiger partial charge in [-0.25, -0.2) is 0 Å². The van der Waals surface area contributed by atoms with Gasteiger partial charge in [0.25, 0.3) is 5.91 Å². The van der Waals surface area contributed by atoms with Gasteiger partial charge in [-0.2, -0.15) is 5.06 Å². The summed E-state index contributed by atoms with van der Waals surface area (Å²) in [5.74, 6) is 0.558. The van der Waals surface area contributed by atoms with E-state index in [1.165, 1.54) is 11.3 Å². The summed E-state index contributed by atoms with van der Waals surface area (Å²) in [7, 11) is 8.78. The van der Waals surface area contributed by atoms with Gasteiger partial charge in [-0.3, -0.25) is 19.2 Å². The van der Waals surface area contributed by atoms with E-state index in [9.17, 15) is 24.6 Å². The number of hydrogen-bond acceptors (Lipinski definition) is 10. The van der Waals surface area contributed by atoms with Crippen LogP contribution in [-0.2, 0) is 21.0 Å². The number of methoxy groups -OCH3 is 1. The lowest BCUT2D eigenvalue weighted by atomic mass is 9.45. The van der Waals surface area contributed by atoms with Crippen LogP contribution in [0.2, 0.25) is 0 Å². The minimum atomic E-state index is -0.920. The predicted octanol–water partition coefficient (Wildman–Crippen LogP) is 4.68. The zero-order valence-electron chi connectivity index (χ0n) is 34.3. The maximum absolute atomic E-state index is 14.3. The first-order valence-corrected chi connectivity index (χ1v) is 20.8. The Morgan fingerprint density at radius 1 is 1.12 bits per heavy atom. The number of allylic oxidation sites excluding steroid dienone is 1. The fourth-order valence-corrected chi connectivity index (χ4v) is 10.6. The Hall–Kier alpha value is -3.62. The summed E-state index contributed by atoms with van der Waals surface area (Å²) in [5.41, 5.74) is 3.63. The third kappa shape index (κ3) is 8.34. The molecule has 4 fully saturated rings. The van der Waals surface area contributed by atoms with Gasteiger partial charge in [-0.15, -0.1) is 11.8 Å². The fraction of sp³-hybridized carbons (Fsp3) is 0.605. The number of amides is 3. The van der Waals surface area contributed by atoms with Crippen LogP contribution in [0.25, 0.3) is 11.1 Å². The average Bonchev–Trinajstić information content (AvgIpc) is 3.82. The molecule has 7 rings (SSSR count). The van der Waals surface area contributed by atoms with Crippen LogP contribution < -0.4 is 20.3 Å². The number of fused-ring (bicyclic) bond motifs is 2. The fourth-order valence-electron chi connectivity index (χ4n) is 9.60. The average molecular weight is 792 g/mol. The van der Waals surface area contributed by atoms with Crippen molar-refractivity contribution < 1.29 is 34.2 Å². The Morgan fingerprint density at radius 3 is 2.46 bits per heavy atom. The zero-order valence-corrected chi connectivity index (χ0v) is 35.1. The lowest BCUT2D eigenvalue weighted by Gasteiger charge is -2.62. The number of carbonyl (C=O) groups excluding carboxylic acids is 3. The Labute approximate surface area is 336 Å². The first kappa shape index (κ1) is 42.0. The van der Waals surface area contributed by atoms with Crippen LogP contribution in [-0.4, -0.2) is 115 Å². The number of nitrogens with zero attached hydrogens (tertiary/aromatic N) is 3. The molecule has 2 aromatic carbocycles. The molecule has 1 saturated heterocycles. The Bertz CT molecular complexity index is 1790. The molecule has 0 aromatic heterocycles. The lowest BCUT2D eigenvalue weighted by Crippen LogP contribution is -2.62. The molecule has 4 N–H and O–H groups in total. The van der Waals surface area contributed by atoms with E-state index in [4.69, 9.17) is 9.57 Å². The zero-order chi connectivity index (χ0) is 40.6. The quantitative estimate of drug-likeness (QED) is 0.213. The molecule has 306 valence electrons. The van der Waals surface area contributed by atoms with Crippen molar-refractivity contribution in [2.45, 2.75) is 95.5 Å². The smallest absolute Gasteiger partial charge is 0.252 e. The first-order valence-electron chi connectivity index (χ1n) is 19.9. The van der Waals surface area contributed by atoms with E-state index in [1.54, 1.807) is 51.0 Å². The second-order valence-electron chi connectivity index (χ2n) is 17.3. The van der Waals surface area contributed by atoms with Gasteiger partial charge in [0.1, 0.15) is 23.9 Å². The van der Waals surface area contributed by atoms with Gasteiger partial charge in [0.2, 0.25) is 11.8 Å². The van der Waals surface area contributed by atoms with Gasteiger partial charge in [0.05, 0.1) is 26.4 Å². The Morgan fingerprint density at radius 2 is 1.88 bits per heavy atom. The van der Waals surface area contributed by atoms with E-state index in [2.05, 4.69) is 37.5 Å². The number of nitrogens with one attached hydrogen (secondary N) is 2. The van der Waals surface area contributed by atoms with Crippen LogP contribution in [0.1, 0.15) is 69.3 Å². The number of ether oxygens (including phenoxy) is 1. The predicted molar refractivity (Wildman–Crippen MR) is 220 cm³/mol. The molecule has 3 saturated carbocycles. The number of aliphatic hydroxyl groups is 2. The van der Waals surface area contributed by atoms with Crippen molar-refractivity contribution in [2.24, 2.45) is 29.1 Å². The molecule has 10 atom stereocenters. The second-order valence-corrected chi connectivity index (χ2v) is 18.5. The minimum absolute atomic E-state index is 0.0204. The summed E-state index contributed by atoms with van der Waals surface area (Å²) >= 11 is 1.68. The molecule has 3 unspecified atom stereocenters. The summed E-state index contributed by atoms with van der Waals surface area (Å²) in [6.45, 7) is 8.30. The number of benzene rings is 2. The van der Waals surface area contributed by atoms with Crippen LogP contribution in [0.3, 0.4) is 0 Å². The van der Waals surface area contributed by atoms with E-state index in [0.717, 1.165) is 35.2 Å². The number of anilines is 1. The molecule has 2 aromatic rings. The van der Waals surface area contributed by atoms with Crippen LogP contribution in [0, 0.1) is 29.1 Å². The van der Waals surface area contributed by atoms with E-state index in [1.807, 2.05) is 54.7 Å². The standard InChI is InChI=1S/C43H61N5O7S/c1-24-33-19-29(43(33,3)4)20-34(24)44-41(52)38-37(25(2)50)36(23-49)55-48(38)22-26-12-10-14-32(39(26)54-9)27-16-28(18-30(17-27)46(5)6)40(51)45-35(42(53)47(7)8)21-31-13-11-15-56-31/h10-12,14-18,24-25,29,31,33-38,49-50H,13,19-23H2,1-9H3,(H,44,52)(H,45,51)/t24-,25?,29?,31?,33-,34-,35-,36-,37+,38-/m0/s1. The summed E-state index contributed by atoms with van der Waals surface area (Å²) in [6.07, 6.45) is 3.86. The van der Waals surface area contributed by atoms with Crippen LogP contribution in [0.15, 0.2) is 47.9 Å². The van der Waals surface area contributed by atoms with E-state index < -0.39 is 30.2 Å². The lowest BCUT2D eigenvalue weighted by molar-refractivity contribution is -0.183.